The molecule has 1 nitrogen and oxygen atoms in total. The molecule has 0 aliphatic carbocycles. The molecule has 0 atom stereocenters. The van der Waals surface area contributed by atoms with Gasteiger partial charge in [-0.2, -0.15) is 0 Å². The summed E-state index contributed by atoms with van der Waals surface area (Å²) in [6, 6.07) is 7.73. The minimum Gasteiger partial charge on any atom is -0.242 e. The minimum absolute atomic E-state index is 0.760. The lowest BCUT2D eigenvalue weighted by Crippen LogP contribution is -1.76. The molecule has 1 heterocycles. The lowest BCUT2D eigenvalue weighted by Gasteiger charge is -1.95. The number of thiazole rings is 1. The number of hydrogen-bond acceptors (Lipinski definition) is 2. The van der Waals surface area contributed by atoms with E-state index in [4.69, 9.17) is 11.6 Å². The average Bonchev–Trinajstić information content (AvgIpc) is 2.69. The van der Waals surface area contributed by atoms with E-state index in [9.17, 15) is 0 Å². The van der Waals surface area contributed by atoms with Crippen molar-refractivity contribution in [1.29, 1.82) is 0 Å². The summed E-state index contributed by atoms with van der Waals surface area (Å²) < 4.78 is 0. The Hall–Kier alpha value is -0.860. The highest BCUT2D eigenvalue weighted by Gasteiger charge is 2.00. The summed E-state index contributed by atoms with van der Waals surface area (Å²) in [5.41, 5.74) is 2.15. The molecule has 1 aromatic carbocycles. The second-order valence-electron chi connectivity index (χ2n) is 2.76. The van der Waals surface area contributed by atoms with Crippen LogP contribution in [-0.2, 0) is 0 Å². The lowest BCUT2D eigenvalue weighted by atomic mass is 10.2. The quantitative estimate of drug-likeness (QED) is 0.697. The van der Waals surface area contributed by atoms with Gasteiger partial charge in [-0.05, 0) is 19.1 Å². The van der Waals surface area contributed by atoms with E-state index in [0.29, 0.717) is 0 Å². The largest absolute Gasteiger partial charge is 0.242 e. The molecule has 0 N–H and O–H groups in total. The summed E-state index contributed by atoms with van der Waals surface area (Å²) in [7, 11) is 0. The molecule has 0 aliphatic rings. The molecule has 1 aromatic heterocycles. The molecule has 0 spiro atoms. The first kappa shape index (κ1) is 12.2. The standard InChI is InChI=1S/C10H8ClNS.C2H6/c1-7-12-10(6-13-7)8-2-4-9(11)5-3-8;1-2/h2-6H,1H3;1-2H3. The maximum absolute atomic E-state index is 5.79. The van der Waals surface area contributed by atoms with Gasteiger partial charge >= 0.3 is 0 Å². The lowest BCUT2D eigenvalue weighted by molar-refractivity contribution is 1.30. The highest BCUT2D eigenvalue weighted by Crippen LogP contribution is 2.22. The summed E-state index contributed by atoms with van der Waals surface area (Å²) >= 11 is 7.45. The molecule has 0 radical (unpaired) electrons. The Balaban J connectivity index is 0.000000531. The van der Waals surface area contributed by atoms with Crippen molar-refractivity contribution in [3.05, 3.63) is 39.7 Å². The molecule has 0 saturated heterocycles. The normalized spacial score (nSPS) is 9.33. The van der Waals surface area contributed by atoms with E-state index in [1.807, 2.05) is 45.0 Å². The van der Waals surface area contributed by atoms with Crippen molar-refractivity contribution in [2.45, 2.75) is 20.8 Å². The molecular formula is C12H14ClNS. The van der Waals surface area contributed by atoms with Crippen molar-refractivity contribution in [2.75, 3.05) is 0 Å². The second-order valence-corrected chi connectivity index (χ2v) is 4.26. The van der Waals surface area contributed by atoms with Crippen LogP contribution in [0.1, 0.15) is 18.9 Å². The van der Waals surface area contributed by atoms with Crippen molar-refractivity contribution in [3.8, 4) is 11.3 Å². The highest BCUT2D eigenvalue weighted by atomic mass is 35.5. The third kappa shape index (κ3) is 3.33. The predicted molar refractivity (Wildman–Crippen MR) is 68.6 cm³/mol. The van der Waals surface area contributed by atoms with E-state index >= 15 is 0 Å². The molecule has 2 rings (SSSR count). The van der Waals surface area contributed by atoms with Crippen molar-refractivity contribution in [3.63, 3.8) is 0 Å². The monoisotopic (exact) mass is 239 g/mol. The highest BCUT2D eigenvalue weighted by molar-refractivity contribution is 7.09. The van der Waals surface area contributed by atoms with E-state index in [2.05, 4.69) is 10.4 Å². The van der Waals surface area contributed by atoms with Gasteiger partial charge in [0.2, 0.25) is 0 Å². The Morgan fingerprint density at radius 2 is 1.73 bits per heavy atom. The number of halogens is 1. The fourth-order valence-electron chi connectivity index (χ4n) is 1.12. The number of rotatable bonds is 1. The number of nitrogens with zero attached hydrogens (tertiary/aromatic N) is 1. The summed E-state index contributed by atoms with van der Waals surface area (Å²) in [6.07, 6.45) is 0. The SMILES string of the molecule is CC.Cc1nc(-c2ccc(Cl)cc2)cs1. The summed E-state index contributed by atoms with van der Waals surface area (Å²) in [5.74, 6) is 0. The van der Waals surface area contributed by atoms with Crippen molar-refractivity contribution >= 4 is 22.9 Å². The third-order valence-corrected chi connectivity index (χ3v) is 2.78. The summed E-state index contributed by atoms with van der Waals surface area (Å²) in [4.78, 5) is 4.39. The van der Waals surface area contributed by atoms with E-state index in [0.717, 1.165) is 21.3 Å². The first-order chi connectivity index (χ1) is 7.25. The van der Waals surface area contributed by atoms with Gasteiger partial charge in [-0.15, -0.1) is 11.3 Å². The summed E-state index contributed by atoms with van der Waals surface area (Å²) in [6.45, 7) is 6.00. The molecule has 0 amide bonds. The number of benzene rings is 1. The van der Waals surface area contributed by atoms with Gasteiger partial charge in [0.05, 0.1) is 10.7 Å². The molecule has 0 bridgehead atoms. The van der Waals surface area contributed by atoms with Crippen LogP contribution in [0.5, 0.6) is 0 Å². The Kier molecular flexibility index (Phi) is 4.79. The molecule has 0 saturated carbocycles. The van der Waals surface area contributed by atoms with E-state index in [-0.39, 0.29) is 0 Å². The molecule has 0 aliphatic heterocycles. The van der Waals surface area contributed by atoms with Crippen LogP contribution in [0.4, 0.5) is 0 Å². The maximum atomic E-state index is 5.79. The smallest absolute Gasteiger partial charge is 0.0901 e. The number of hydrogen-bond donors (Lipinski definition) is 0. The van der Waals surface area contributed by atoms with Gasteiger partial charge in [0.1, 0.15) is 0 Å². The molecule has 80 valence electrons. The fraction of sp³-hybridized carbons (Fsp3) is 0.250. The van der Waals surface area contributed by atoms with Crippen LogP contribution in [0.15, 0.2) is 29.6 Å². The van der Waals surface area contributed by atoms with Gasteiger partial charge in [0, 0.05) is 16.0 Å². The Labute approximate surface area is 99.8 Å². The maximum Gasteiger partial charge on any atom is 0.0901 e. The van der Waals surface area contributed by atoms with Crippen molar-refractivity contribution in [1.82, 2.24) is 4.98 Å². The Bertz CT molecular complexity index is 406. The van der Waals surface area contributed by atoms with Crippen LogP contribution in [0.2, 0.25) is 5.02 Å². The zero-order chi connectivity index (χ0) is 11.3. The van der Waals surface area contributed by atoms with Crippen LogP contribution >= 0.6 is 22.9 Å². The molecule has 15 heavy (non-hydrogen) atoms. The number of aromatic nitrogens is 1. The average molecular weight is 240 g/mol. The van der Waals surface area contributed by atoms with Gasteiger partial charge in [0.25, 0.3) is 0 Å². The van der Waals surface area contributed by atoms with Crippen LogP contribution in [0, 0.1) is 6.92 Å². The van der Waals surface area contributed by atoms with Gasteiger partial charge in [0.15, 0.2) is 0 Å². The molecule has 3 heteroatoms. The first-order valence-electron chi connectivity index (χ1n) is 4.94. The number of aryl methyl sites for hydroxylation is 1. The van der Waals surface area contributed by atoms with E-state index in [1.54, 1.807) is 11.3 Å². The van der Waals surface area contributed by atoms with Gasteiger partial charge in [-0.25, -0.2) is 4.98 Å². The molecule has 2 aromatic rings. The summed E-state index contributed by atoms with van der Waals surface area (Å²) in [5, 5.41) is 3.90. The van der Waals surface area contributed by atoms with E-state index in [1.165, 1.54) is 0 Å². The molecular weight excluding hydrogens is 226 g/mol. The third-order valence-electron chi connectivity index (χ3n) is 1.76. The zero-order valence-corrected chi connectivity index (χ0v) is 10.7. The van der Waals surface area contributed by atoms with Crippen molar-refractivity contribution in [2.24, 2.45) is 0 Å². The van der Waals surface area contributed by atoms with Crippen LogP contribution in [-0.4, -0.2) is 4.98 Å². The Morgan fingerprint density at radius 1 is 1.13 bits per heavy atom. The predicted octanol–water partition coefficient (Wildman–Crippen LogP) is 4.80. The molecule has 0 fully saturated rings. The first-order valence-corrected chi connectivity index (χ1v) is 6.19. The van der Waals surface area contributed by atoms with E-state index < -0.39 is 0 Å². The van der Waals surface area contributed by atoms with Gasteiger partial charge < -0.3 is 0 Å². The van der Waals surface area contributed by atoms with Gasteiger partial charge in [-0.1, -0.05) is 37.6 Å². The fourth-order valence-corrected chi connectivity index (χ4v) is 1.86. The Morgan fingerprint density at radius 3 is 2.20 bits per heavy atom. The topological polar surface area (TPSA) is 12.9 Å². The molecule has 0 unspecified atom stereocenters. The second kappa shape index (κ2) is 5.89. The van der Waals surface area contributed by atoms with Crippen LogP contribution in [0.25, 0.3) is 11.3 Å². The minimum atomic E-state index is 0.760. The van der Waals surface area contributed by atoms with Gasteiger partial charge in [-0.3, -0.25) is 0 Å². The van der Waals surface area contributed by atoms with Crippen molar-refractivity contribution < 1.29 is 0 Å². The van der Waals surface area contributed by atoms with Crippen LogP contribution in [0.3, 0.4) is 0 Å². The zero-order valence-electron chi connectivity index (χ0n) is 9.12. The van der Waals surface area contributed by atoms with Crippen LogP contribution < -0.4 is 0 Å².